The average molecular weight is 344 g/mol. The van der Waals surface area contributed by atoms with Crippen molar-refractivity contribution < 1.29 is 13.2 Å². The van der Waals surface area contributed by atoms with Gasteiger partial charge in [-0.15, -0.1) is 0 Å². The molecule has 3 N–H and O–H groups in total. The third-order valence-corrected chi connectivity index (χ3v) is 5.34. The number of primary sulfonamides is 1. The summed E-state index contributed by atoms with van der Waals surface area (Å²) in [5.41, 5.74) is 2.94. The number of sulfonamides is 1. The van der Waals surface area contributed by atoms with Crippen LogP contribution in [0.25, 0.3) is 0 Å². The summed E-state index contributed by atoms with van der Waals surface area (Å²) in [5, 5.41) is 8.02. The molecule has 0 aliphatic heterocycles. The molecule has 24 heavy (non-hydrogen) atoms. The van der Waals surface area contributed by atoms with Gasteiger partial charge in [0.15, 0.2) is 0 Å². The SMILES string of the molecule is NS(=O)(=O)c1cccc(C(=O)NC[C@H]2CCCc3ccccc32)c1. The van der Waals surface area contributed by atoms with E-state index in [0.29, 0.717) is 18.0 Å². The number of carbonyl (C=O) groups is 1. The fourth-order valence-electron chi connectivity index (χ4n) is 3.20. The third-order valence-electron chi connectivity index (χ3n) is 4.43. The highest BCUT2D eigenvalue weighted by Gasteiger charge is 2.20. The van der Waals surface area contributed by atoms with Crippen molar-refractivity contribution >= 4 is 15.9 Å². The van der Waals surface area contributed by atoms with E-state index in [4.69, 9.17) is 5.14 Å². The quantitative estimate of drug-likeness (QED) is 0.891. The van der Waals surface area contributed by atoms with E-state index in [2.05, 4.69) is 17.4 Å². The van der Waals surface area contributed by atoms with Crippen molar-refractivity contribution in [2.75, 3.05) is 6.54 Å². The molecule has 0 aromatic heterocycles. The van der Waals surface area contributed by atoms with Crippen LogP contribution in [0, 0.1) is 0 Å². The lowest BCUT2D eigenvalue weighted by molar-refractivity contribution is 0.0950. The molecule has 1 amide bonds. The zero-order chi connectivity index (χ0) is 17.2. The summed E-state index contributed by atoms with van der Waals surface area (Å²) in [6.07, 6.45) is 3.23. The zero-order valence-electron chi connectivity index (χ0n) is 13.2. The van der Waals surface area contributed by atoms with Gasteiger partial charge < -0.3 is 5.32 Å². The zero-order valence-corrected chi connectivity index (χ0v) is 14.1. The topological polar surface area (TPSA) is 89.3 Å². The van der Waals surface area contributed by atoms with Gasteiger partial charge in [0.1, 0.15) is 0 Å². The van der Waals surface area contributed by atoms with Crippen LogP contribution in [0.1, 0.15) is 40.2 Å². The summed E-state index contributed by atoms with van der Waals surface area (Å²) in [7, 11) is -3.81. The first-order valence-electron chi connectivity index (χ1n) is 7.94. The molecule has 1 aliphatic carbocycles. The molecular weight excluding hydrogens is 324 g/mol. The number of nitrogens with one attached hydrogen (secondary N) is 1. The Labute approximate surface area is 141 Å². The highest BCUT2D eigenvalue weighted by Crippen LogP contribution is 2.30. The van der Waals surface area contributed by atoms with E-state index in [1.807, 2.05) is 12.1 Å². The van der Waals surface area contributed by atoms with Gasteiger partial charge in [-0.1, -0.05) is 30.3 Å². The second-order valence-corrected chi connectivity index (χ2v) is 7.63. The van der Waals surface area contributed by atoms with Crippen LogP contribution in [-0.2, 0) is 16.4 Å². The smallest absolute Gasteiger partial charge is 0.251 e. The fourth-order valence-corrected chi connectivity index (χ4v) is 3.76. The van der Waals surface area contributed by atoms with Gasteiger partial charge in [0.2, 0.25) is 10.0 Å². The number of hydrogen-bond donors (Lipinski definition) is 2. The van der Waals surface area contributed by atoms with Gasteiger partial charge in [0.05, 0.1) is 4.90 Å². The van der Waals surface area contributed by atoms with Crippen LogP contribution >= 0.6 is 0 Å². The fraction of sp³-hybridized carbons (Fsp3) is 0.278. The molecule has 0 spiro atoms. The number of fused-ring (bicyclic) bond motifs is 1. The molecule has 2 aromatic carbocycles. The molecule has 0 heterocycles. The summed E-state index contributed by atoms with van der Waals surface area (Å²) in [4.78, 5) is 12.3. The van der Waals surface area contributed by atoms with E-state index in [1.54, 1.807) is 6.07 Å². The molecule has 2 aromatic rings. The van der Waals surface area contributed by atoms with Crippen LogP contribution in [0.5, 0.6) is 0 Å². The van der Waals surface area contributed by atoms with Crippen LogP contribution in [-0.4, -0.2) is 20.9 Å². The van der Waals surface area contributed by atoms with Gasteiger partial charge in [0.25, 0.3) is 5.91 Å². The number of hydrogen-bond acceptors (Lipinski definition) is 3. The van der Waals surface area contributed by atoms with Gasteiger partial charge in [-0.2, -0.15) is 0 Å². The van der Waals surface area contributed by atoms with Crippen molar-refractivity contribution in [2.24, 2.45) is 5.14 Å². The lowest BCUT2D eigenvalue weighted by Crippen LogP contribution is -2.30. The van der Waals surface area contributed by atoms with Crippen molar-refractivity contribution in [3.05, 3.63) is 65.2 Å². The number of carbonyl (C=O) groups excluding carboxylic acids is 1. The Morgan fingerprint density at radius 3 is 2.75 bits per heavy atom. The maximum Gasteiger partial charge on any atom is 0.251 e. The van der Waals surface area contributed by atoms with Gasteiger partial charge in [-0.3, -0.25) is 4.79 Å². The summed E-state index contributed by atoms with van der Waals surface area (Å²) in [6.45, 7) is 0.537. The molecule has 1 atom stereocenters. The second-order valence-electron chi connectivity index (χ2n) is 6.07. The van der Waals surface area contributed by atoms with Crippen LogP contribution in [0.4, 0.5) is 0 Å². The van der Waals surface area contributed by atoms with Gasteiger partial charge in [-0.05, 0) is 48.6 Å². The standard InChI is InChI=1S/C18H20N2O3S/c19-24(22,23)16-9-4-7-14(11-16)18(21)20-12-15-8-3-6-13-5-1-2-10-17(13)15/h1-2,4-5,7,9-11,15H,3,6,8,12H2,(H,20,21)(H2,19,22,23)/t15-/m1/s1. The highest BCUT2D eigenvalue weighted by molar-refractivity contribution is 7.89. The molecule has 0 radical (unpaired) electrons. The first-order chi connectivity index (χ1) is 11.4. The Bertz CT molecular complexity index is 862. The molecule has 6 heteroatoms. The first-order valence-corrected chi connectivity index (χ1v) is 9.48. The number of aryl methyl sites for hydroxylation is 1. The van der Waals surface area contributed by atoms with E-state index in [1.165, 1.54) is 29.3 Å². The Kier molecular flexibility index (Phi) is 4.69. The lowest BCUT2D eigenvalue weighted by Gasteiger charge is -2.25. The molecule has 5 nitrogen and oxygen atoms in total. The Morgan fingerprint density at radius 1 is 1.17 bits per heavy atom. The van der Waals surface area contributed by atoms with E-state index in [9.17, 15) is 13.2 Å². The summed E-state index contributed by atoms with van der Waals surface area (Å²) >= 11 is 0. The number of rotatable bonds is 4. The molecule has 0 bridgehead atoms. The molecular formula is C18H20N2O3S. The Morgan fingerprint density at radius 2 is 1.96 bits per heavy atom. The molecule has 1 aliphatic rings. The van der Waals surface area contributed by atoms with Gasteiger partial charge in [0, 0.05) is 18.0 Å². The number of amides is 1. The van der Waals surface area contributed by atoms with Crippen molar-refractivity contribution in [1.29, 1.82) is 0 Å². The number of nitrogens with two attached hydrogens (primary N) is 1. The largest absolute Gasteiger partial charge is 0.351 e. The predicted molar refractivity (Wildman–Crippen MR) is 92.3 cm³/mol. The summed E-state index contributed by atoms with van der Waals surface area (Å²) < 4.78 is 22.8. The van der Waals surface area contributed by atoms with Crippen LogP contribution in [0.2, 0.25) is 0 Å². The van der Waals surface area contributed by atoms with Crippen molar-refractivity contribution in [2.45, 2.75) is 30.1 Å². The van der Waals surface area contributed by atoms with Crippen molar-refractivity contribution in [3.63, 3.8) is 0 Å². The average Bonchev–Trinajstić information content (AvgIpc) is 2.59. The van der Waals surface area contributed by atoms with E-state index >= 15 is 0 Å². The lowest BCUT2D eigenvalue weighted by atomic mass is 9.83. The van der Waals surface area contributed by atoms with Gasteiger partial charge in [-0.25, -0.2) is 13.6 Å². The van der Waals surface area contributed by atoms with E-state index < -0.39 is 10.0 Å². The summed E-state index contributed by atoms with van der Waals surface area (Å²) in [6, 6.07) is 14.1. The van der Waals surface area contributed by atoms with Crippen molar-refractivity contribution in [1.82, 2.24) is 5.32 Å². The van der Waals surface area contributed by atoms with Crippen molar-refractivity contribution in [3.8, 4) is 0 Å². The Hall–Kier alpha value is -2.18. The minimum Gasteiger partial charge on any atom is -0.351 e. The molecule has 3 rings (SSSR count). The van der Waals surface area contributed by atoms with E-state index in [-0.39, 0.29) is 10.8 Å². The number of benzene rings is 2. The van der Waals surface area contributed by atoms with E-state index in [0.717, 1.165) is 19.3 Å². The van der Waals surface area contributed by atoms with Gasteiger partial charge >= 0.3 is 0 Å². The third kappa shape index (κ3) is 3.66. The molecule has 0 saturated heterocycles. The molecule has 126 valence electrons. The predicted octanol–water partition coefficient (Wildman–Crippen LogP) is 2.18. The maximum atomic E-state index is 12.3. The summed E-state index contributed by atoms with van der Waals surface area (Å²) in [5.74, 6) is 0.00359. The van der Waals surface area contributed by atoms with Crippen LogP contribution < -0.4 is 10.5 Å². The van der Waals surface area contributed by atoms with Crippen LogP contribution in [0.3, 0.4) is 0 Å². The molecule has 0 unspecified atom stereocenters. The molecule has 0 fully saturated rings. The first kappa shape index (κ1) is 16.7. The second kappa shape index (κ2) is 6.75. The molecule has 0 saturated carbocycles. The minimum atomic E-state index is -3.81. The Balaban J connectivity index is 1.71. The monoisotopic (exact) mass is 344 g/mol. The van der Waals surface area contributed by atoms with Crippen LogP contribution in [0.15, 0.2) is 53.4 Å². The normalized spacial score (nSPS) is 17.1. The minimum absolute atomic E-state index is 0.0573. The maximum absolute atomic E-state index is 12.3. The highest BCUT2D eigenvalue weighted by atomic mass is 32.2.